The average molecular weight is 453 g/mol. The summed E-state index contributed by atoms with van der Waals surface area (Å²) < 4.78 is 0. The van der Waals surface area contributed by atoms with Crippen LogP contribution in [0, 0.1) is 13.8 Å². The molecule has 6 nitrogen and oxygen atoms in total. The van der Waals surface area contributed by atoms with E-state index in [-0.39, 0.29) is 18.4 Å². The number of pyridine rings is 1. The van der Waals surface area contributed by atoms with Gasteiger partial charge in [-0.25, -0.2) is 0 Å². The number of anilines is 1. The number of amides is 2. The maximum absolute atomic E-state index is 13.6. The Morgan fingerprint density at radius 3 is 2.24 bits per heavy atom. The van der Waals surface area contributed by atoms with E-state index in [1.54, 1.807) is 12.4 Å². The highest BCUT2D eigenvalue weighted by atomic mass is 16.2. The summed E-state index contributed by atoms with van der Waals surface area (Å²) in [5, 5.41) is 0. The lowest BCUT2D eigenvalue weighted by Crippen LogP contribution is -2.47. The van der Waals surface area contributed by atoms with Crippen LogP contribution >= 0.6 is 0 Å². The Morgan fingerprint density at radius 1 is 0.794 bits per heavy atom. The highest BCUT2D eigenvalue weighted by molar-refractivity contribution is 6.35. The molecule has 0 atom stereocenters. The molecule has 1 fully saturated rings. The van der Waals surface area contributed by atoms with Gasteiger partial charge in [0.25, 0.3) is 11.8 Å². The number of nitrogens with zero attached hydrogens (tertiary/aromatic N) is 4. The molecule has 2 aliphatic rings. The van der Waals surface area contributed by atoms with Gasteiger partial charge in [0.05, 0.1) is 12.1 Å². The lowest BCUT2D eigenvalue weighted by atomic mass is 10.0. The zero-order chi connectivity index (χ0) is 23.7. The Hall–Kier alpha value is -3.93. The molecule has 1 aromatic heterocycles. The first-order chi connectivity index (χ1) is 16.5. The number of imide groups is 1. The summed E-state index contributed by atoms with van der Waals surface area (Å²) in [6, 6.07) is 19.6. The Bertz CT molecular complexity index is 1250. The highest BCUT2D eigenvalue weighted by Gasteiger charge is 2.42. The number of benzene rings is 2. The molecule has 0 saturated carbocycles. The molecule has 2 aromatic carbocycles. The van der Waals surface area contributed by atoms with Gasteiger partial charge >= 0.3 is 0 Å². The van der Waals surface area contributed by atoms with E-state index in [1.807, 2.05) is 42.5 Å². The first-order valence-corrected chi connectivity index (χ1v) is 11.7. The third-order valence-electron chi connectivity index (χ3n) is 6.78. The topological polar surface area (TPSA) is 56.8 Å². The smallest absolute Gasteiger partial charge is 0.278 e. The molecule has 5 rings (SSSR count). The Labute approximate surface area is 200 Å². The molecule has 0 N–H and O–H groups in total. The van der Waals surface area contributed by atoms with Crippen molar-refractivity contribution in [1.82, 2.24) is 14.8 Å². The standard InChI is InChI=1S/C28H28N4O2/c1-20-8-6-12-24(21(20)2)30-14-16-31(17-15-30)26-25(23-10-4-3-5-11-23)27(33)32(28(26)34)19-22-9-7-13-29-18-22/h3-13,18H,14-17,19H2,1-2H3. The van der Waals surface area contributed by atoms with Crippen molar-refractivity contribution >= 4 is 23.1 Å². The van der Waals surface area contributed by atoms with Crippen LogP contribution in [-0.2, 0) is 16.1 Å². The third-order valence-corrected chi connectivity index (χ3v) is 6.78. The van der Waals surface area contributed by atoms with Crippen molar-refractivity contribution in [2.45, 2.75) is 20.4 Å². The highest BCUT2D eigenvalue weighted by Crippen LogP contribution is 2.34. The molecular weight excluding hydrogens is 424 g/mol. The minimum absolute atomic E-state index is 0.216. The van der Waals surface area contributed by atoms with Crippen molar-refractivity contribution < 1.29 is 9.59 Å². The first kappa shape index (κ1) is 21.9. The first-order valence-electron chi connectivity index (χ1n) is 11.7. The minimum Gasteiger partial charge on any atom is -0.368 e. The van der Waals surface area contributed by atoms with Crippen LogP contribution in [0.1, 0.15) is 22.3 Å². The second kappa shape index (κ2) is 9.14. The van der Waals surface area contributed by atoms with Gasteiger partial charge in [-0.1, -0.05) is 48.5 Å². The van der Waals surface area contributed by atoms with E-state index in [0.29, 0.717) is 24.4 Å². The van der Waals surface area contributed by atoms with Gasteiger partial charge in [-0.2, -0.15) is 0 Å². The SMILES string of the molecule is Cc1cccc(N2CCN(C3=C(c4ccccc4)C(=O)N(Cc4cccnc4)C3=O)CC2)c1C. The fourth-order valence-electron chi connectivity index (χ4n) is 4.79. The normalized spacial score (nSPS) is 16.6. The van der Waals surface area contributed by atoms with Gasteiger partial charge in [-0.05, 0) is 48.2 Å². The van der Waals surface area contributed by atoms with E-state index in [9.17, 15) is 9.59 Å². The molecule has 0 aliphatic carbocycles. The summed E-state index contributed by atoms with van der Waals surface area (Å²) in [4.78, 5) is 37.1. The van der Waals surface area contributed by atoms with Crippen molar-refractivity contribution in [3.8, 4) is 0 Å². The maximum Gasteiger partial charge on any atom is 0.278 e. The number of carbonyl (C=O) groups is 2. The summed E-state index contributed by atoms with van der Waals surface area (Å²) in [5.74, 6) is -0.472. The van der Waals surface area contributed by atoms with Crippen molar-refractivity contribution in [1.29, 1.82) is 0 Å². The Morgan fingerprint density at radius 2 is 1.53 bits per heavy atom. The van der Waals surface area contributed by atoms with E-state index in [2.05, 4.69) is 46.8 Å². The van der Waals surface area contributed by atoms with E-state index in [0.717, 1.165) is 24.2 Å². The van der Waals surface area contributed by atoms with Gasteiger partial charge in [0.15, 0.2) is 0 Å². The average Bonchev–Trinajstić information content (AvgIpc) is 3.12. The van der Waals surface area contributed by atoms with Crippen LogP contribution in [0.5, 0.6) is 0 Å². The summed E-state index contributed by atoms with van der Waals surface area (Å²) >= 11 is 0. The number of aryl methyl sites for hydroxylation is 1. The number of hydrogen-bond acceptors (Lipinski definition) is 5. The molecule has 3 aromatic rings. The van der Waals surface area contributed by atoms with Crippen molar-refractivity contribution in [2.75, 3.05) is 31.1 Å². The maximum atomic E-state index is 13.6. The van der Waals surface area contributed by atoms with Crippen LogP contribution in [-0.4, -0.2) is 52.8 Å². The van der Waals surface area contributed by atoms with Crippen LogP contribution < -0.4 is 4.90 Å². The van der Waals surface area contributed by atoms with Crippen molar-refractivity contribution in [3.63, 3.8) is 0 Å². The van der Waals surface area contributed by atoms with Crippen molar-refractivity contribution in [2.24, 2.45) is 0 Å². The van der Waals surface area contributed by atoms with Gasteiger partial charge in [-0.15, -0.1) is 0 Å². The van der Waals surface area contributed by atoms with E-state index >= 15 is 0 Å². The molecule has 0 radical (unpaired) electrons. The number of rotatable bonds is 5. The second-order valence-corrected chi connectivity index (χ2v) is 8.84. The molecule has 0 bridgehead atoms. The predicted molar refractivity (Wildman–Crippen MR) is 133 cm³/mol. The number of aromatic nitrogens is 1. The fourth-order valence-corrected chi connectivity index (χ4v) is 4.79. The minimum atomic E-state index is -0.244. The van der Waals surface area contributed by atoms with Gasteiger partial charge in [0.1, 0.15) is 5.70 Å². The van der Waals surface area contributed by atoms with Crippen molar-refractivity contribution in [3.05, 3.63) is 101 Å². The zero-order valence-electron chi connectivity index (χ0n) is 19.6. The number of carbonyl (C=O) groups excluding carboxylic acids is 2. The molecule has 0 unspecified atom stereocenters. The Balaban J connectivity index is 1.44. The molecule has 34 heavy (non-hydrogen) atoms. The zero-order valence-corrected chi connectivity index (χ0v) is 19.6. The molecule has 2 amide bonds. The fraction of sp³-hybridized carbons (Fsp3) is 0.250. The summed E-state index contributed by atoms with van der Waals surface area (Å²) in [7, 11) is 0. The monoisotopic (exact) mass is 452 g/mol. The van der Waals surface area contributed by atoms with Gasteiger partial charge < -0.3 is 9.80 Å². The van der Waals surface area contributed by atoms with Crippen LogP contribution in [0.3, 0.4) is 0 Å². The van der Waals surface area contributed by atoms with E-state index in [4.69, 9.17) is 0 Å². The van der Waals surface area contributed by atoms with Crippen LogP contribution in [0.25, 0.3) is 5.57 Å². The predicted octanol–water partition coefficient (Wildman–Crippen LogP) is 3.80. The van der Waals surface area contributed by atoms with E-state index < -0.39 is 0 Å². The molecule has 2 aliphatic heterocycles. The summed E-state index contributed by atoms with van der Waals surface area (Å²) in [6.45, 7) is 7.44. The summed E-state index contributed by atoms with van der Waals surface area (Å²) in [5.41, 5.74) is 6.42. The second-order valence-electron chi connectivity index (χ2n) is 8.84. The van der Waals surface area contributed by atoms with Gasteiger partial charge in [0, 0.05) is 44.3 Å². The lowest BCUT2D eigenvalue weighted by Gasteiger charge is -2.38. The third kappa shape index (κ3) is 3.96. The largest absolute Gasteiger partial charge is 0.368 e. The van der Waals surface area contributed by atoms with Gasteiger partial charge in [0.2, 0.25) is 0 Å². The molecular formula is C28H28N4O2. The van der Waals surface area contributed by atoms with Crippen LogP contribution in [0.2, 0.25) is 0 Å². The van der Waals surface area contributed by atoms with E-state index in [1.165, 1.54) is 21.7 Å². The van der Waals surface area contributed by atoms with Gasteiger partial charge in [-0.3, -0.25) is 19.5 Å². The summed E-state index contributed by atoms with van der Waals surface area (Å²) in [6.07, 6.45) is 3.38. The molecule has 172 valence electrons. The molecule has 0 spiro atoms. The number of piperazine rings is 1. The number of hydrogen-bond donors (Lipinski definition) is 0. The molecule has 1 saturated heterocycles. The lowest BCUT2D eigenvalue weighted by molar-refractivity contribution is -0.138. The van der Waals surface area contributed by atoms with Crippen LogP contribution in [0.4, 0.5) is 5.69 Å². The molecule has 6 heteroatoms. The molecule has 3 heterocycles. The van der Waals surface area contributed by atoms with Crippen LogP contribution in [0.15, 0.2) is 78.8 Å². The quantitative estimate of drug-likeness (QED) is 0.551. The Kier molecular flexibility index (Phi) is 5.88.